The Labute approximate surface area is 148 Å². The van der Waals surface area contributed by atoms with Gasteiger partial charge in [-0.3, -0.25) is 9.52 Å². The minimum Gasteiger partial charge on any atom is -0.484 e. The Bertz CT molecular complexity index is 859. The number of benzene rings is 2. The van der Waals surface area contributed by atoms with Gasteiger partial charge in [-0.1, -0.05) is 12.1 Å². The van der Waals surface area contributed by atoms with E-state index in [9.17, 15) is 13.2 Å². The molecule has 0 atom stereocenters. The second-order valence-corrected chi connectivity index (χ2v) is 7.63. The van der Waals surface area contributed by atoms with Gasteiger partial charge in [0.2, 0.25) is 0 Å². The van der Waals surface area contributed by atoms with Crippen molar-refractivity contribution in [2.45, 2.75) is 18.7 Å². The van der Waals surface area contributed by atoms with Crippen LogP contribution < -0.4 is 9.46 Å². The van der Waals surface area contributed by atoms with Gasteiger partial charge in [-0.25, -0.2) is 8.42 Å². The summed E-state index contributed by atoms with van der Waals surface area (Å²) in [6.45, 7) is 3.53. The number of hydrogen-bond donors (Lipinski definition) is 1. The Morgan fingerprint density at radius 2 is 1.72 bits per heavy atom. The minimum atomic E-state index is -3.67. The summed E-state index contributed by atoms with van der Waals surface area (Å²) in [5.74, 6) is 0.338. The van der Waals surface area contributed by atoms with E-state index in [2.05, 4.69) is 4.72 Å². The first-order chi connectivity index (χ1) is 11.7. The second-order valence-electron chi connectivity index (χ2n) is 5.98. The fourth-order valence-electron chi connectivity index (χ4n) is 2.10. The van der Waals surface area contributed by atoms with Gasteiger partial charge in [0.25, 0.3) is 15.9 Å². The Morgan fingerprint density at radius 1 is 1.08 bits per heavy atom. The number of carbonyl (C=O) groups excluding carboxylic acids is 1. The summed E-state index contributed by atoms with van der Waals surface area (Å²) in [5.41, 5.74) is 1.98. The standard InChI is InChI=1S/C18H22N2O4S/c1-13-5-6-14(2)17(11-13)25(22,23)19-15-7-9-16(10-8-15)24-12-18(21)20(3)4/h5-11,19H,12H2,1-4H3. The Morgan fingerprint density at radius 3 is 2.32 bits per heavy atom. The molecule has 2 aromatic rings. The molecule has 7 heteroatoms. The van der Waals surface area contributed by atoms with Crippen LogP contribution in [0.25, 0.3) is 0 Å². The molecule has 0 saturated heterocycles. The zero-order valence-electron chi connectivity index (χ0n) is 14.7. The maximum absolute atomic E-state index is 12.6. The molecule has 0 aromatic heterocycles. The molecule has 1 amide bonds. The second kappa shape index (κ2) is 7.57. The van der Waals surface area contributed by atoms with E-state index in [0.29, 0.717) is 17.0 Å². The predicted octanol–water partition coefficient (Wildman–Crippen LogP) is 2.57. The molecule has 2 rings (SSSR count). The molecular weight excluding hydrogens is 340 g/mol. The third-order valence-electron chi connectivity index (χ3n) is 3.60. The van der Waals surface area contributed by atoms with Crippen LogP contribution in [-0.4, -0.2) is 39.9 Å². The van der Waals surface area contributed by atoms with Crippen molar-refractivity contribution >= 4 is 21.6 Å². The number of amides is 1. The van der Waals surface area contributed by atoms with Crippen molar-refractivity contribution in [2.24, 2.45) is 0 Å². The van der Waals surface area contributed by atoms with Gasteiger partial charge in [-0.05, 0) is 55.3 Å². The molecule has 134 valence electrons. The van der Waals surface area contributed by atoms with Crippen LogP contribution in [0.1, 0.15) is 11.1 Å². The maximum atomic E-state index is 12.6. The summed E-state index contributed by atoms with van der Waals surface area (Å²) in [6.07, 6.45) is 0. The van der Waals surface area contributed by atoms with Crippen molar-refractivity contribution in [3.05, 3.63) is 53.6 Å². The summed E-state index contributed by atoms with van der Waals surface area (Å²) in [4.78, 5) is 13.2. The first-order valence-corrected chi connectivity index (χ1v) is 9.20. The third-order valence-corrected chi connectivity index (χ3v) is 5.12. The number of ether oxygens (including phenoxy) is 1. The Hall–Kier alpha value is -2.54. The Balaban J connectivity index is 2.10. The van der Waals surface area contributed by atoms with Crippen LogP contribution in [0.4, 0.5) is 5.69 Å². The fraction of sp³-hybridized carbons (Fsp3) is 0.278. The molecule has 0 aliphatic rings. The van der Waals surface area contributed by atoms with E-state index < -0.39 is 10.0 Å². The number of rotatable bonds is 6. The van der Waals surface area contributed by atoms with Gasteiger partial charge in [0.15, 0.2) is 6.61 Å². The number of sulfonamides is 1. The molecule has 1 N–H and O–H groups in total. The van der Waals surface area contributed by atoms with E-state index in [1.165, 1.54) is 4.90 Å². The lowest BCUT2D eigenvalue weighted by Gasteiger charge is -2.13. The summed E-state index contributed by atoms with van der Waals surface area (Å²) in [5, 5.41) is 0. The molecule has 0 radical (unpaired) electrons. The van der Waals surface area contributed by atoms with Gasteiger partial charge in [-0.2, -0.15) is 0 Å². The van der Waals surface area contributed by atoms with Crippen molar-refractivity contribution in [1.29, 1.82) is 0 Å². The molecule has 0 heterocycles. The van der Waals surface area contributed by atoms with Crippen molar-refractivity contribution in [3.63, 3.8) is 0 Å². The summed E-state index contributed by atoms with van der Waals surface area (Å²) < 4.78 is 33.0. The number of carbonyl (C=O) groups is 1. The number of aryl methyl sites for hydroxylation is 2. The van der Waals surface area contributed by atoms with E-state index in [4.69, 9.17) is 4.74 Å². The van der Waals surface area contributed by atoms with Crippen molar-refractivity contribution in [1.82, 2.24) is 4.90 Å². The third kappa shape index (κ3) is 4.96. The van der Waals surface area contributed by atoms with E-state index in [-0.39, 0.29) is 17.4 Å². The summed E-state index contributed by atoms with van der Waals surface area (Å²) >= 11 is 0. The van der Waals surface area contributed by atoms with Crippen molar-refractivity contribution in [2.75, 3.05) is 25.4 Å². The highest BCUT2D eigenvalue weighted by Gasteiger charge is 2.17. The minimum absolute atomic E-state index is 0.0689. The van der Waals surface area contributed by atoms with Crippen molar-refractivity contribution < 1.29 is 17.9 Å². The highest BCUT2D eigenvalue weighted by Crippen LogP contribution is 2.22. The van der Waals surface area contributed by atoms with Crippen molar-refractivity contribution in [3.8, 4) is 5.75 Å². The van der Waals surface area contributed by atoms with Gasteiger partial charge >= 0.3 is 0 Å². The van der Waals surface area contributed by atoms with Crippen LogP contribution in [0.15, 0.2) is 47.4 Å². The zero-order chi connectivity index (χ0) is 18.6. The maximum Gasteiger partial charge on any atom is 0.262 e. The molecule has 25 heavy (non-hydrogen) atoms. The number of anilines is 1. The predicted molar refractivity (Wildman–Crippen MR) is 97.4 cm³/mol. The monoisotopic (exact) mass is 362 g/mol. The van der Waals surface area contributed by atoms with Crippen LogP contribution in [0.3, 0.4) is 0 Å². The summed E-state index contributed by atoms with van der Waals surface area (Å²) in [7, 11) is -0.369. The molecule has 0 aliphatic carbocycles. The van der Waals surface area contributed by atoms with Crippen LogP contribution in [0, 0.1) is 13.8 Å². The van der Waals surface area contributed by atoms with Gasteiger partial charge in [0.05, 0.1) is 4.90 Å². The van der Waals surface area contributed by atoms with Crippen LogP contribution in [-0.2, 0) is 14.8 Å². The molecule has 0 saturated carbocycles. The lowest BCUT2D eigenvalue weighted by Crippen LogP contribution is -2.27. The van der Waals surface area contributed by atoms with Crippen LogP contribution in [0.2, 0.25) is 0 Å². The number of hydrogen-bond acceptors (Lipinski definition) is 4. The normalized spacial score (nSPS) is 11.0. The lowest BCUT2D eigenvalue weighted by atomic mass is 10.2. The molecule has 0 aliphatic heterocycles. The van der Waals surface area contributed by atoms with Gasteiger partial charge < -0.3 is 9.64 Å². The first-order valence-electron chi connectivity index (χ1n) is 7.72. The molecule has 6 nitrogen and oxygen atoms in total. The SMILES string of the molecule is Cc1ccc(C)c(S(=O)(=O)Nc2ccc(OCC(=O)N(C)C)cc2)c1. The Kier molecular flexibility index (Phi) is 5.69. The fourth-order valence-corrected chi connectivity index (χ4v) is 3.49. The molecule has 0 fully saturated rings. The lowest BCUT2D eigenvalue weighted by molar-refractivity contribution is -0.130. The first kappa shape index (κ1) is 18.8. The van der Waals surface area contributed by atoms with Crippen LogP contribution in [0.5, 0.6) is 5.75 Å². The topological polar surface area (TPSA) is 75.7 Å². The number of likely N-dealkylation sites (N-methyl/N-ethyl adjacent to an activating group) is 1. The largest absolute Gasteiger partial charge is 0.484 e. The molecule has 0 unspecified atom stereocenters. The van der Waals surface area contributed by atoms with E-state index in [1.807, 2.05) is 13.0 Å². The average Bonchev–Trinajstić information content (AvgIpc) is 2.55. The molecular formula is C18H22N2O4S. The van der Waals surface area contributed by atoms with E-state index >= 15 is 0 Å². The highest BCUT2D eigenvalue weighted by molar-refractivity contribution is 7.92. The summed E-state index contributed by atoms with van der Waals surface area (Å²) in [6, 6.07) is 11.7. The number of nitrogens with one attached hydrogen (secondary N) is 1. The zero-order valence-corrected chi connectivity index (χ0v) is 15.6. The van der Waals surface area contributed by atoms with Gasteiger partial charge in [0, 0.05) is 19.8 Å². The van der Waals surface area contributed by atoms with Gasteiger partial charge in [-0.15, -0.1) is 0 Å². The quantitative estimate of drug-likeness (QED) is 0.857. The smallest absolute Gasteiger partial charge is 0.262 e. The van der Waals surface area contributed by atoms with E-state index in [1.54, 1.807) is 57.4 Å². The van der Waals surface area contributed by atoms with E-state index in [0.717, 1.165) is 5.56 Å². The highest BCUT2D eigenvalue weighted by atomic mass is 32.2. The van der Waals surface area contributed by atoms with Crippen LogP contribution >= 0.6 is 0 Å². The molecule has 0 spiro atoms. The molecule has 0 bridgehead atoms. The molecule has 2 aromatic carbocycles. The van der Waals surface area contributed by atoms with Gasteiger partial charge in [0.1, 0.15) is 5.75 Å². The number of nitrogens with zero attached hydrogens (tertiary/aromatic N) is 1. The average molecular weight is 362 g/mol.